The molecule has 1 aromatic heterocycles. The standard InChI is InChI=1S/C10H17N3O3S/c1-17(14,15)6-8-12-9(16-13-8)10(7-11)4-2-3-5-10/h2-7,11H2,1H3. The highest BCUT2D eigenvalue weighted by atomic mass is 32.2. The van der Waals surface area contributed by atoms with Gasteiger partial charge in [0.1, 0.15) is 5.75 Å². The van der Waals surface area contributed by atoms with Crippen LogP contribution in [0.25, 0.3) is 0 Å². The molecular formula is C10H17N3O3S. The SMILES string of the molecule is CS(=O)(=O)Cc1noc(C2(CN)CCCC2)n1. The van der Waals surface area contributed by atoms with Gasteiger partial charge in [0.25, 0.3) is 0 Å². The first kappa shape index (κ1) is 12.5. The average molecular weight is 259 g/mol. The van der Waals surface area contributed by atoms with Crippen LogP contribution in [0.2, 0.25) is 0 Å². The van der Waals surface area contributed by atoms with Gasteiger partial charge in [-0.05, 0) is 12.8 Å². The van der Waals surface area contributed by atoms with Crippen LogP contribution < -0.4 is 5.73 Å². The molecule has 0 aliphatic heterocycles. The molecule has 0 aromatic carbocycles. The lowest BCUT2D eigenvalue weighted by atomic mass is 9.86. The molecule has 96 valence electrons. The van der Waals surface area contributed by atoms with E-state index in [-0.39, 0.29) is 17.0 Å². The van der Waals surface area contributed by atoms with E-state index in [0.29, 0.717) is 12.4 Å². The average Bonchev–Trinajstić information content (AvgIpc) is 2.83. The smallest absolute Gasteiger partial charge is 0.234 e. The van der Waals surface area contributed by atoms with Crippen molar-refractivity contribution >= 4 is 9.84 Å². The topological polar surface area (TPSA) is 99.1 Å². The number of hydrogen-bond donors (Lipinski definition) is 1. The highest BCUT2D eigenvalue weighted by Crippen LogP contribution is 2.39. The van der Waals surface area contributed by atoms with Crippen LogP contribution in [0.1, 0.15) is 37.4 Å². The first-order valence-electron chi connectivity index (χ1n) is 5.66. The first-order chi connectivity index (χ1) is 7.95. The molecule has 1 fully saturated rings. The van der Waals surface area contributed by atoms with Gasteiger partial charge in [-0.15, -0.1) is 0 Å². The van der Waals surface area contributed by atoms with Crippen molar-refractivity contribution in [3.63, 3.8) is 0 Å². The molecule has 1 aliphatic carbocycles. The van der Waals surface area contributed by atoms with Crippen molar-refractivity contribution in [1.82, 2.24) is 10.1 Å². The van der Waals surface area contributed by atoms with Crippen LogP contribution in [0.3, 0.4) is 0 Å². The van der Waals surface area contributed by atoms with E-state index in [1.54, 1.807) is 0 Å². The van der Waals surface area contributed by atoms with Crippen LogP contribution >= 0.6 is 0 Å². The summed E-state index contributed by atoms with van der Waals surface area (Å²) in [6, 6.07) is 0. The Morgan fingerprint density at radius 2 is 2.06 bits per heavy atom. The highest BCUT2D eigenvalue weighted by molar-refractivity contribution is 7.89. The second-order valence-corrected chi connectivity index (χ2v) is 6.92. The normalized spacial score (nSPS) is 19.6. The third-order valence-electron chi connectivity index (χ3n) is 3.26. The quantitative estimate of drug-likeness (QED) is 0.839. The van der Waals surface area contributed by atoms with Crippen molar-refractivity contribution in [2.24, 2.45) is 5.73 Å². The van der Waals surface area contributed by atoms with Gasteiger partial charge in [0, 0.05) is 12.8 Å². The van der Waals surface area contributed by atoms with Crippen LogP contribution in [0.15, 0.2) is 4.52 Å². The van der Waals surface area contributed by atoms with Crippen molar-refractivity contribution in [1.29, 1.82) is 0 Å². The van der Waals surface area contributed by atoms with Crippen LogP contribution in [-0.4, -0.2) is 31.4 Å². The fraction of sp³-hybridized carbons (Fsp3) is 0.800. The van der Waals surface area contributed by atoms with E-state index in [4.69, 9.17) is 10.3 Å². The maximum Gasteiger partial charge on any atom is 0.234 e. The molecule has 0 unspecified atom stereocenters. The molecule has 0 atom stereocenters. The van der Waals surface area contributed by atoms with Crippen molar-refractivity contribution in [3.8, 4) is 0 Å². The second kappa shape index (κ2) is 4.38. The lowest BCUT2D eigenvalue weighted by Gasteiger charge is -2.21. The predicted octanol–water partition coefficient (Wildman–Crippen LogP) is 0.385. The van der Waals surface area contributed by atoms with Crippen LogP contribution in [0.5, 0.6) is 0 Å². The third-order valence-corrected chi connectivity index (χ3v) is 4.05. The van der Waals surface area contributed by atoms with Gasteiger partial charge in [-0.3, -0.25) is 0 Å². The van der Waals surface area contributed by atoms with E-state index in [2.05, 4.69) is 10.1 Å². The molecule has 17 heavy (non-hydrogen) atoms. The maximum atomic E-state index is 11.1. The largest absolute Gasteiger partial charge is 0.339 e. The molecular weight excluding hydrogens is 242 g/mol. The number of aromatic nitrogens is 2. The van der Waals surface area contributed by atoms with Crippen molar-refractivity contribution < 1.29 is 12.9 Å². The molecule has 1 saturated carbocycles. The molecule has 6 nitrogen and oxygen atoms in total. The summed E-state index contributed by atoms with van der Waals surface area (Å²) in [6.45, 7) is 0.466. The molecule has 0 radical (unpaired) electrons. The van der Waals surface area contributed by atoms with Gasteiger partial charge in [-0.25, -0.2) is 8.42 Å². The van der Waals surface area contributed by atoms with Gasteiger partial charge in [0.15, 0.2) is 15.7 Å². The van der Waals surface area contributed by atoms with Gasteiger partial charge in [-0.1, -0.05) is 18.0 Å². The molecule has 2 N–H and O–H groups in total. The number of nitrogens with two attached hydrogens (primary N) is 1. The Morgan fingerprint density at radius 1 is 1.41 bits per heavy atom. The minimum atomic E-state index is -3.13. The summed E-state index contributed by atoms with van der Waals surface area (Å²) in [4.78, 5) is 4.18. The number of nitrogens with zero attached hydrogens (tertiary/aromatic N) is 2. The highest BCUT2D eigenvalue weighted by Gasteiger charge is 2.39. The first-order valence-corrected chi connectivity index (χ1v) is 7.72. The van der Waals surface area contributed by atoms with Crippen molar-refractivity contribution in [2.75, 3.05) is 12.8 Å². The van der Waals surface area contributed by atoms with E-state index in [1.165, 1.54) is 0 Å². The van der Waals surface area contributed by atoms with Crippen LogP contribution in [-0.2, 0) is 21.0 Å². The van der Waals surface area contributed by atoms with Crippen molar-refractivity contribution in [3.05, 3.63) is 11.7 Å². The number of rotatable bonds is 4. The van der Waals surface area contributed by atoms with Gasteiger partial charge in [-0.2, -0.15) is 4.98 Å². The molecule has 1 heterocycles. The minimum absolute atomic E-state index is 0.183. The van der Waals surface area contributed by atoms with Gasteiger partial charge < -0.3 is 10.3 Å². The minimum Gasteiger partial charge on any atom is -0.339 e. The molecule has 0 saturated heterocycles. The van der Waals surface area contributed by atoms with E-state index >= 15 is 0 Å². The molecule has 1 aromatic rings. The summed E-state index contributed by atoms with van der Waals surface area (Å²) in [5.41, 5.74) is 5.56. The number of hydrogen-bond acceptors (Lipinski definition) is 6. The van der Waals surface area contributed by atoms with E-state index in [0.717, 1.165) is 31.9 Å². The summed E-state index contributed by atoms with van der Waals surface area (Å²) in [5, 5.41) is 3.72. The Hall–Kier alpha value is -0.950. The molecule has 1 aliphatic rings. The summed E-state index contributed by atoms with van der Waals surface area (Å²) < 4.78 is 27.5. The number of sulfone groups is 1. The van der Waals surface area contributed by atoms with E-state index in [1.807, 2.05) is 0 Å². The van der Waals surface area contributed by atoms with E-state index < -0.39 is 9.84 Å². The molecule has 0 bridgehead atoms. The Balaban J connectivity index is 2.23. The summed E-state index contributed by atoms with van der Waals surface area (Å²) in [7, 11) is -3.13. The zero-order valence-corrected chi connectivity index (χ0v) is 10.7. The Bertz CT molecular complexity index is 489. The van der Waals surface area contributed by atoms with Gasteiger partial charge in [0.05, 0.1) is 5.41 Å². The van der Waals surface area contributed by atoms with Gasteiger partial charge >= 0.3 is 0 Å². The summed E-state index contributed by atoms with van der Waals surface area (Å²) in [5.74, 6) is 0.537. The Kier molecular flexibility index (Phi) is 3.22. The third kappa shape index (κ3) is 2.66. The van der Waals surface area contributed by atoms with Crippen LogP contribution in [0, 0.1) is 0 Å². The fourth-order valence-corrected chi connectivity index (χ4v) is 2.91. The second-order valence-electron chi connectivity index (χ2n) is 4.78. The summed E-state index contributed by atoms with van der Waals surface area (Å²) >= 11 is 0. The fourth-order valence-electron chi connectivity index (χ4n) is 2.32. The molecule has 0 spiro atoms. The van der Waals surface area contributed by atoms with E-state index in [9.17, 15) is 8.42 Å². The molecule has 2 rings (SSSR count). The monoisotopic (exact) mass is 259 g/mol. The summed E-state index contributed by atoms with van der Waals surface area (Å²) in [6.07, 6.45) is 5.22. The maximum absolute atomic E-state index is 11.1. The molecule has 0 amide bonds. The lowest BCUT2D eigenvalue weighted by molar-refractivity contribution is 0.283. The predicted molar refractivity (Wildman–Crippen MR) is 62.0 cm³/mol. The Morgan fingerprint density at radius 3 is 2.59 bits per heavy atom. The van der Waals surface area contributed by atoms with Gasteiger partial charge in [0.2, 0.25) is 5.89 Å². The zero-order chi connectivity index (χ0) is 12.5. The molecule has 7 heteroatoms. The zero-order valence-electron chi connectivity index (χ0n) is 9.85. The Labute approximate surface area is 100 Å². The van der Waals surface area contributed by atoms with Crippen molar-refractivity contribution in [2.45, 2.75) is 36.9 Å². The van der Waals surface area contributed by atoms with Crippen LogP contribution in [0.4, 0.5) is 0 Å². The lowest BCUT2D eigenvalue weighted by Crippen LogP contribution is -2.32.